The van der Waals surface area contributed by atoms with E-state index in [1.165, 1.54) is 11.3 Å². The van der Waals surface area contributed by atoms with Crippen LogP contribution in [0, 0.1) is 0 Å². The lowest BCUT2D eigenvalue weighted by Crippen LogP contribution is -2.37. The molecule has 25 heavy (non-hydrogen) atoms. The molecule has 0 bridgehead atoms. The Morgan fingerprint density at radius 2 is 2.04 bits per heavy atom. The second kappa shape index (κ2) is 6.34. The molecule has 0 aliphatic heterocycles. The van der Waals surface area contributed by atoms with Crippen molar-refractivity contribution in [3.05, 3.63) is 58.5 Å². The molecule has 0 unspecified atom stereocenters. The van der Waals surface area contributed by atoms with Crippen LogP contribution in [-0.4, -0.2) is 29.0 Å². The summed E-state index contributed by atoms with van der Waals surface area (Å²) in [5.41, 5.74) is 1.78. The van der Waals surface area contributed by atoms with Crippen molar-refractivity contribution in [3.63, 3.8) is 0 Å². The van der Waals surface area contributed by atoms with Crippen molar-refractivity contribution < 1.29 is 19.1 Å². The van der Waals surface area contributed by atoms with Crippen LogP contribution in [-0.2, 0) is 4.79 Å². The SMILES string of the molecule is O=C(N[C@@H]1C[C@H]1NC(=O)[C@H](O)c1ccsc1)c1cccc2occc12. The van der Waals surface area contributed by atoms with Crippen molar-refractivity contribution in [2.75, 3.05) is 0 Å². The highest BCUT2D eigenvalue weighted by molar-refractivity contribution is 7.08. The van der Waals surface area contributed by atoms with Gasteiger partial charge in [-0.25, -0.2) is 0 Å². The van der Waals surface area contributed by atoms with E-state index in [1.54, 1.807) is 42.0 Å². The number of benzene rings is 1. The first-order chi connectivity index (χ1) is 12.1. The second-order valence-electron chi connectivity index (χ2n) is 6.03. The molecule has 0 spiro atoms. The Morgan fingerprint density at radius 3 is 2.84 bits per heavy atom. The Bertz CT molecular complexity index is 918. The number of furan rings is 1. The highest BCUT2D eigenvalue weighted by Gasteiger charge is 2.40. The third-order valence-corrected chi connectivity index (χ3v) is 4.98. The van der Waals surface area contributed by atoms with Gasteiger partial charge in [-0.05, 0) is 41.4 Å². The van der Waals surface area contributed by atoms with Crippen molar-refractivity contribution in [2.24, 2.45) is 0 Å². The molecule has 3 atom stereocenters. The highest BCUT2D eigenvalue weighted by atomic mass is 32.1. The van der Waals surface area contributed by atoms with Gasteiger partial charge in [-0.1, -0.05) is 6.07 Å². The molecule has 3 aromatic rings. The fourth-order valence-electron chi connectivity index (χ4n) is 2.80. The highest BCUT2D eigenvalue weighted by Crippen LogP contribution is 2.25. The lowest BCUT2D eigenvalue weighted by Gasteiger charge is -2.10. The average Bonchev–Trinajstić information content (AvgIpc) is 3.04. The van der Waals surface area contributed by atoms with E-state index in [-0.39, 0.29) is 18.0 Å². The summed E-state index contributed by atoms with van der Waals surface area (Å²) in [7, 11) is 0. The molecular weight excluding hydrogens is 340 g/mol. The van der Waals surface area contributed by atoms with Gasteiger partial charge < -0.3 is 20.2 Å². The number of carbonyl (C=O) groups excluding carboxylic acids is 2. The van der Waals surface area contributed by atoms with Crippen molar-refractivity contribution in [1.29, 1.82) is 0 Å². The quantitative estimate of drug-likeness (QED) is 0.654. The van der Waals surface area contributed by atoms with Crippen LogP contribution >= 0.6 is 11.3 Å². The van der Waals surface area contributed by atoms with Crippen LogP contribution in [0.2, 0.25) is 0 Å². The molecular formula is C18H16N2O4S. The summed E-state index contributed by atoms with van der Waals surface area (Å²) in [6, 6.07) is 8.49. The van der Waals surface area contributed by atoms with Crippen LogP contribution in [0.4, 0.5) is 0 Å². The molecule has 2 aromatic heterocycles. The molecule has 0 radical (unpaired) electrons. The lowest BCUT2D eigenvalue weighted by molar-refractivity contribution is -0.129. The van der Waals surface area contributed by atoms with Gasteiger partial charge in [0.1, 0.15) is 5.58 Å². The first kappa shape index (κ1) is 15.9. The number of aliphatic hydroxyl groups is 1. The maximum atomic E-state index is 12.4. The van der Waals surface area contributed by atoms with Gasteiger partial charge in [0.15, 0.2) is 6.10 Å². The van der Waals surface area contributed by atoms with Crippen LogP contribution in [0.15, 0.2) is 51.8 Å². The van der Waals surface area contributed by atoms with E-state index < -0.39 is 12.0 Å². The van der Waals surface area contributed by atoms with Gasteiger partial charge in [-0.3, -0.25) is 9.59 Å². The maximum Gasteiger partial charge on any atom is 0.253 e. The molecule has 1 aliphatic carbocycles. The van der Waals surface area contributed by atoms with Gasteiger partial charge in [-0.2, -0.15) is 11.3 Å². The summed E-state index contributed by atoms with van der Waals surface area (Å²) in [5.74, 6) is -0.649. The predicted octanol–water partition coefficient (Wildman–Crippen LogP) is 2.21. The summed E-state index contributed by atoms with van der Waals surface area (Å²) in [5, 5.41) is 20.0. The summed E-state index contributed by atoms with van der Waals surface area (Å²) >= 11 is 1.42. The largest absolute Gasteiger partial charge is 0.464 e. The maximum absolute atomic E-state index is 12.4. The lowest BCUT2D eigenvalue weighted by atomic mass is 10.1. The zero-order chi connectivity index (χ0) is 17.4. The Kier molecular flexibility index (Phi) is 4.03. The number of thiophene rings is 1. The monoisotopic (exact) mass is 356 g/mol. The van der Waals surface area contributed by atoms with Gasteiger partial charge >= 0.3 is 0 Å². The minimum atomic E-state index is -1.18. The molecule has 2 amide bonds. The summed E-state index contributed by atoms with van der Waals surface area (Å²) in [6.07, 6.45) is 1.02. The summed E-state index contributed by atoms with van der Waals surface area (Å²) in [4.78, 5) is 24.5. The Balaban J connectivity index is 1.35. The summed E-state index contributed by atoms with van der Waals surface area (Å²) in [6.45, 7) is 0. The van der Waals surface area contributed by atoms with Crippen molar-refractivity contribution in [3.8, 4) is 0 Å². The minimum Gasteiger partial charge on any atom is -0.464 e. The van der Waals surface area contributed by atoms with Crippen molar-refractivity contribution in [2.45, 2.75) is 24.6 Å². The van der Waals surface area contributed by atoms with Gasteiger partial charge in [0, 0.05) is 10.9 Å². The zero-order valence-electron chi connectivity index (χ0n) is 13.1. The molecule has 1 fully saturated rings. The van der Waals surface area contributed by atoms with E-state index in [2.05, 4.69) is 10.6 Å². The van der Waals surface area contributed by atoms with E-state index >= 15 is 0 Å². The van der Waals surface area contributed by atoms with Crippen LogP contribution < -0.4 is 10.6 Å². The average molecular weight is 356 g/mol. The number of amides is 2. The number of fused-ring (bicyclic) bond motifs is 1. The summed E-state index contributed by atoms with van der Waals surface area (Å²) < 4.78 is 5.30. The molecule has 4 rings (SSSR count). The van der Waals surface area contributed by atoms with E-state index in [1.807, 2.05) is 5.38 Å². The topological polar surface area (TPSA) is 91.6 Å². The Labute approximate surface area is 147 Å². The molecule has 6 nitrogen and oxygen atoms in total. The first-order valence-corrected chi connectivity index (χ1v) is 8.85. The molecule has 0 saturated heterocycles. The normalized spacial score (nSPS) is 20.2. The standard InChI is InChI=1S/C18H16N2O4S/c21-16(10-5-7-25-9-10)18(23)20-14-8-13(14)19-17(22)12-2-1-3-15-11(12)4-6-24-15/h1-7,9,13-14,16,21H,8H2,(H,19,22)(H,20,23)/t13-,14-,16-/m1/s1. The number of hydrogen-bond acceptors (Lipinski definition) is 5. The number of rotatable bonds is 5. The van der Waals surface area contributed by atoms with Crippen molar-refractivity contribution in [1.82, 2.24) is 10.6 Å². The molecule has 2 heterocycles. The van der Waals surface area contributed by atoms with Crippen LogP contribution in [0.25, 0.3) is 11.0 Å². The number of carbonyl (C=O) groups is 2. The van der Waals surface area contributed by atoms with E-state index in [0.717, 1.165) is 5.39 Å². The van der Waals surface area contributed by atoms with Crippen LogP contribution in [0.1, 0.15) is 28.4 Å². The molecule has 3 N–H and O–H groups in total. The van der Waals surface area contributed by atoms with Gasteiger partial charge in [0.2, 0.25) is 0 Å². The smallest absolute Gasteiger partial charge is 0.253 e. The van der Waals surface area contributed by atoms with Gasteiger partial charge in [0.05, 0.1) is 23.9 Å². The predicted molar refractivity (Wildman–Crippen MR) is 93.3 cm³/mol. The van der Waals surface area contributed by atoms with E-state index in [4.69, 9.17) is 4.42 Å². The fraction of sp³-hybridized carbons (Fsp3) is 0.222. The van der Waals surface area contributed by atoms with Crippen LogP contribution in [0.5, 0.6) is 0 Å². The molecule has 128 valence electrons. The molecule has 7 heteroatoms. The fourth-order valence-corrected chi connectivity index (χ4v) is 3.47. The molecule has 1 aromatic carbocycles. The number of aliphatic hydroxyl groups excluding tert-OH is 1. The van der Waals surface area contributed by atoms with E-state index in [9.17, 15) is 14.7 Å². The zero-order valence-corrected chi connectivity index (χ0v) is 14.0. The minimum absolute atomic E-state index is 0.131. The van der Waals surface area contributed by atoms with Gasteiger partial charge in [0.25, 0.3) is 11.8 Å². The second-order valence-corrected chi connectivity index (χ2v) is 6.81. The Hall–Kier alpha value is -2.64. The molecule has 1 saturated carbocycles. The number of nitrogens with one attached hydrogen (secondary N) is 2. The van der Waals surface area contributed by atoms with E-state index in [0.29, 0.717) is 23.1 Å². The Morgan fingerprint density at radius 1 is 1.20 bits per heavy atom. The number of hydrogen-bond donors (Lipinski definition) is 3. The third-order valence-electron chi connectivity index (χ3n) is 4.28. The molecule has 1 aliphatic rings. The van der Waals surface area contributed by atoms with Crippen molar-refractivity contribution >= 4 is 34.1 Å². The van der Waals surface area contributed by atoms with Gasteiger partial charge in [-0.15, -0.1) is 0 Å². The van der Waals surface area contributed by atoms with Crippen LogP contribution in [0.3, 0.4) is 0 Å². The third kappa shape index (κ3) is 3.16. The first-order valence-electron chi connectivity index (χ1n) is 7.91.